The van der Waals surface area contributed by atoms with E-state index in [-0.39, 0.29) is 6.04 Å². The van der Waals surface area contributed by atoms with Crippen LogP contribution in [0.2, 0.25) is 0 Å². The van der Waals surface area contributed by atoms with E-state index in [2.05, 4.69) is 15.8 Å². The van der Waals surface area contributed by atoms with Crippen molar-refractivity contribution in [1.82, 2.24) is 4.72 Å². The highest BCUT2D eigenvalue weighted by atomic mass is 32.2. The molecule has 0 radical (unpaired) electrons. The Bertz CT molecular complexity index is 238. The standard InChI is InChI=1S/C8H17NO3S/c1-2-3-4-5-6-8-7-12-13(10,11)9-8/h8-9H,2-7H2,1H3/t8-/m0/s1. The van der Waals surface area contributed by atoms with Crippen molar-refractivity contribution < 1.29 is 12.6 Å². The second-order valence-corrected chi connectivity index (χ2v) is 4.78. The van der Waals surface area contributed by atoms with Crippen LogP contribution in [-0.2, 0) is 14.5 Å². The van der Waals surface area contributed by atoms with E-state index >= 15 is 0 Å². The van der Waals surface area contributed by atoms with Crippen molar-refractivity contribution >= 4 is 10.3 Å². The summed E-state index contributed by atoms with van der Waals surface area (Å²) in [6.07, 6.45) is 5.56. The molecule has 0 bridgehead atoms. The SMILES string of the molecule is CCCCCC[C@H]1COS(=O)(=O)N1. The van der Waals surface area contributed by atoms with Crippen LogP contribution in [0.25, 0.3) is 0 Å². The van der Waals surface area contributed by atoms with Gasteiger partial charge in [-0.3, -0.25) is 4.18 Å². The molecule has 1 aliphatic rings. The van der Waals surface area contributed by atoms with Gasteiger partial charge in [-0.25, -0.2) is 0 Å². The van der Waals surface area contributed by atoms with Gasteiger partial charge in [-0.05, 0) is 6.42 Å². The van der Waals surface area contributed by atoms with Crippen LogP contribution in [0.4, 0.5) is 0 Å². The molecule has 0 aromatic heterocycles. The molecule has 0 aliphatic carbocycles. The third kappa shape index (κ3) is 4.06. The molecule has 0 amide bonds. The molecule has 0 aromatic rings. The van der Waals surface area contributed by atoms with Crippen LogP contribution in [0.5, 0.6) is 0 Å². The third-order valence-corrected chi connectivity index (χ3v) is 3.21. The molecule has 1 saturated heterocycles. The summed E-state index contributed by atoms with van der Waals surface area (Å²) in [6, 6.07) is 0.00172. The van der Waals surface area contributed by atoms with Gasteiger partial charge in [0.2, 0.25) is 0 Å². The maximum Gasteiger partial charge on any atom is 0.336 e. The highest BCUT2D eigenvalue weighted by Gasteiger charge is 2.26. The van der Waals surface area contributed by atoms with E-state index in [0.717, 1.165) is 12.8 Å². The monoisotopic (exact) mass is 207 g/mol. The molecule has 1 heterocycles. The Labute approximate surface area is 79.9 Å². The number of rotatable bonds is 5. The summed E-state index contributed by atoms with van der Waals surface area (Å²) in [5.74, 6) is 0. The number of hydrogen-bond acceptors (Lipinski definition) is 3. The molecule has 0 saturated carbocycles. The van der Waals surface area contributed by atoms with Crippen molar-refractivity contribution in [3.63, 3.8) is 0 Å². The first-order valence-electron chi connectivity index (χ1n) is 4.81. The summed E-state index contributed by atoms with van der Waals surface area (Å²) in [7, 11) is -3.39. The summed E-state index contributed by atoms with van der Waals surface area (Å²) in [5, 5.41) is 0. The lowest BCUT2D eigenvalue weighted by atomic mass is 10.1. The van der Waals surface area contributed by atoms with E-state index in [0.29, 0.717) is 6.61 Å². The first-order chi connectivity index (χ1) is 6.14. The number of nitrogens with one attached hydrogen (secondary N) is 1. The van der Waals surface area contributed by atoms with Crippen molar-refractivity contribution in [3.05, 3.63) is 0 Å². The molecule has 5 heteroatoms. The zero-order chi connectivity index (χ0) is 9.73. The van der Waals surface area contributed by atoms with Gasteiger partial charge in [0.05, 0.1) is 6.61 Å². The molecule has 0 aromatic carbocycles. The molecule has 0 spiro atoms. The van der Waals surface area contributed by atoms with E-state index in [9.17, 15) is 8.42 Å². The van der Waals surface area contributed by atoms with Gasteiger partial charge in [-0.2, -0.15) is 13.1 Å². The number of unbranched alkanes of at least 4 members (excludes halogenated alkanes) is 3. The average Bonchev–Trinajstić information content (AvgIpc) is 2.40. The predicted octanol–water partition coefficient (Wildman–Crippen LogP) is 1.19. The first kappa shape index (κ1) is 10.9. The summed E-state index contributed by atoms with van der Waals surface area (Å²) in [6.45, 7) is 2.45. The molecule has 13 heavy (non-hydrogen) atoms. The summed E-state index contributed by atoms with van der Waals surface area (Å²) in [5.41, 5.74) is 0. The van der Waals surface area contributed by atoms with Crippen molar-refractivity contribution in [2.24, 2.45) is 0 Å². The zero-order valence-corrected chi connectivity index (χ0v) is 8.77. The van der Waals surface area contributed by atoms with E-state index in [4.69, 9.17) is 0 Å². The lowest BCUT2D eigenvalue weighted by molar-refractivity contribution is 0.328. The lowest BCUT2D eigenvalue weighted by Crippen LogP contribution is -2.26. The van der Waals surface area contributed by atoms with Gasteiger partial charge in [0.15, 0.2) is 0 Å². The number of hydrogen-bond donors (Lipinski definition) is 1. The zero-order valence-electron chi connectivity index (χ0n) is 7.95. The Morgan fingerprint density at radius 1 is 1.38 bits per heavy atom. The van der Waals surface area contributed by atoms with Crippen LogP contribution in [0, 0.1) is 0 Å². The Morgan fingerprint density at radius 2 is 2.15 bits per heavy atom. The van der Waals surface area contributed by atoms with Gasteiger partial charge in [0.1, 0.15) is 0 Å². The molecule has 1 atom stereocenters. The molecular formula is C8H17NO3S. The quantitative estimate of drug-likeness (QED) is 0.689. The molecule has 4 nitrogen and oxygen atoms in total. The van der Waals surface area contributed by atoms with Gasteiger partial charge in [0.25, 0.3) is 0 Å². The molecule has 1 N–H and O–H groups in total. The molecular weight excluding hydrogens is 190 g/mol. The van der Waals surface area contributed by atoms with Crippen LogP contribution in [0.15, 0.2) is 0 Å². The highest BCUT2D eigenvalue weighted by Crippen LogP contribution is 2.11. The van der Waals surface area contributed by atoms with Crippen molar-refractivity contribution in [1.29, 1.82) is 0 Å². The normalized spacial score (nSPS) is 26.4. The van der Waals surface area contributed by atoms with Gasteiger partial charge in [0, 0.05) is 6.04 Å². The largest absolute Gasteiger partial charge is 0.336 e. The Kier molecular flexibility index (Phi) is 4.15. The third-order valence-electron chi connectivity index (χ3n) is 2.14. The van der Waals surface area contributed by atoms with Gasteiger partial charge in [-0.1, -0.05) is 32.6 Å². The van der Waals surface area contributed by atoms with E-state index in [1.165, 1.54) is 19.3 Å². The molecule has 1 rings (SSSR count). The fourth-order valence-corrected chi connectivity index (χ4v) is 2.41. The van der Waals surface area contributed by atoms with Gasteiger partial charge < -0.3 is 0 Å². The smallest absolute Gasteiger partial charge is 0.256 e. The first-order valence-corrected chi connectivity index (χ1v) is 6.21. The second-order valence-electron chi connectivity index (χ2n) is 3.40. The molecule has 1 aliphatic heterocycles. The summed E-state index contributed by atoms with van der Waals surface area (Å²) < 4.78 is 28.6. The second kappa shape index (κ2) is 4.93. The van der Waals surface area contributed by atoms with Crippen LogP contribution >= 0.6 is 0 Å². The maximum absolute atomic E-state index is 10.8. The Hall–Kier alpha value is -0.130. The van der Waals surface area contributed by atoms with Crippen LogP contribution in [-0.4, -0.2) is 21.1 Å². The van der Waals surface area contributed by atoms with E-state index in [1.54, 1.807) is 0 Å². The van der Waals surface area contributed by atoms with Crippen LogP contribution in [0.1, 0.15) is 39.0 Å². The van der Waals surface area contributed by atoms with Crippen LogP contribution < -0.4 is 4.72 Å². The van der Waals surface area contributed by atoms with Crippen LogP contribution in [0.3, 0.4) is 0 Å². The minimum absolute atomic E-state index is 0.00172. The van der Waals surface area contributed by atoms with Crippen molar-refractivity contribution in [2.75, 3.05) is 6.61 Å². The Morgan fingerprint density at radius 3 is 2.69 bits per heavy atom. The minimum atomic E-state index is -3.39. The lowest BCUT2D eigenvalue weighted by Gasteiger charge is -2.04. The van der Waals surface area contributed by atoms with Gasteiger partial charge in [-0.15, -0.1) is 0 Å². The fraction of sp³-hybridized carbons (Fsp3) is 1.00. The predicted molar refractivity (Wildman–Crippen MR) is 50.6 cm³/mol. The van der Waals surface area contributed by atoms with E-state index in [1.807, 2.05) is 0 Å². The van der Waals surface area contributed by atoms with Crippen molar-refractivity contribution in [3.8, 4) is 0 Å². The van der Waals surface area contributed by atoms with Gasteiger partial charge >= 0.3 is 10.3 Å². The average molecular weight is 207 g/mol. The highest BCUT2D eigenvalue weighted by molar-refractivity contribution is 7.84. The molecule has 0 unspecified atom stereocenters. The fourth-order valence-electron chi connectivity index (χ4n) is 1.40. The topological polar surface area (TPSA) is 55.4 Å². The maximum atomic E-state index is 10.8. The molecule has 1 fully saturated rings. The Balaban J connectivity index is 2.11. The van der Waals surface area contributed by atoms with Crippen molar-refractivity contribution in [2.45, 2.75) is 45.1 Å². The van der Waals surface area contributed by atoms with E-state index < -0.39 is 10.3 Å². The minimum Gasteiger partial charge on any atom is -0.256 e. The summed E-state index contributed by atoms with van der Waals surface area (Å²) in [4.78, 5) is 0. The molecule has 78 valence electrons. The summed E-state index contributed by atoms with van der Waals surface area (Å²) >= 11 is 0.